The van der Waals surface area contributed by atoms with Gasteiger partial charge in [-0.3, -0.25) is 0 Å². The van der Waals surface area contributed by atoms with Crippen LogP contribution >= 0.6 is 0 Å². The molecule has 0 fully saturated rings. The van der Waals surface area contributed by atoms with Gasteiger partial charge in [-0.1, -0.05) is 49.8 Å². The van der Waals surface area contributed by atoms with Gasteiger partial charge in [-0.25, -0.2) is 0 Å². The van der Waals surface area contributed by atoms with E-state index in [0.29, 0.717) is 0 Å². The number of unbranched alkanes of at least 4 members (excludes halogenated alkanes) is 1. The Kier molecular flexibility index (Phi) is 4.97. The molecule has 1 heteroatoms. The number of hydrogen-bond acceptors (Lipinski definition) is 1. The second-order valence-corrected chi connectivity index (χ2v) is 4.23. The maximum Gasteiger partial charge on any atom is 0.131 e. The summed E-state index contributed by atoms with van der Waals surface area (Å²) in [6.45, 7) is 8.24. The van der Waals surface area contributed by atoms with Crippen LogP contribution in [0.5, 0.6) is 0 Å². The second kappa shape index (κ2) is 6.26. The molecule has 0 aliphatic carbocycles. The molecule has 0 aliphatic rings. The highest BCUT2D eigenvalue weighted by molar-refractivity contribution is 5.68. The highest BCUT2D eigenvalue weighted by atomic mass is 16.1. The normalized spacial score (nSPS) is 12.1. The molecule has 1 rings (SSSR count). The minimum atomic E-state index is -0.132. The van der Waals surface area contributed by atoms with Crippen LogP contribution in [0.25, 0.3) is 0 Å². The van der Waals surface area contributed by atoms with Gasteiger partial charge >= 0.3 is 0 Å². The molecule has 0 aliphatic heterocycles. The van der Waals surface area contributed by atoms with Gasteiger partial charge in [0.1, 0.15) is 6.29 Å². The van der Waals surface area contributed by atoms with Gasteiger partial charge in [0, 0.05) is 0 Å². The van der Waals surface area contributed by atoms with Gasteiger partial charge in [0.05, 0.1) is 5.92 Å². The van der Waals surface area contributed by atoms with Crippen molar-refractivity contribution in [2.24, 2.45) is 0 Å². The first kappa shape index (κ1) is 12.7. The SMILES string of the molecule is C=C(CCCC)C(C=O)c1ccccc1C. The Morgan fingerprint density at radius 3 is 2.69 bits per heavy atom. The summed E-state index contributed by atoms with van der Waals surface area (Å²) in [5.74, 6) is -0.132. The Morgan fingerprint density at radius 1 is 1.44 bits per heavy atom. The predicted molar refractivity (Wildman–Crippen MR) is 68.6 cm³/mol. The Hall–Kier alpha value is -1.37. The molecule has 0 saturated heterocycles. The van der Waals surface area contributed by atoms with Crippen LogP contribution < -0.4 is 0 Å². The monoisotopic (exact) mass is 216 g/mol. The van der Waals surface area contributed by atoms with E-state index in [4.69, 9.17) is 0 Å². The Morgan fingerprint density at radius 2 is 2.12 bits per heavy atom. The van der Waals surface area contributed by atoms with Gasteiger partial charge in [-0.05, 0) is 30.9 Å². The molecule has 0 bridgehead atoms. The molecule has 0 spiro atoms. The van der Waals surface area contributed by atoms with Crippen molar-refractivity contribution in [3.8, 4) is 0 Å². The van der Waals surface area contributed by atoms with E-state index in [1.54, 1.807) is 0 Å². The van der Waals surface area contributed by atoms with Gasteiger partial charge in [-0.2, -0.15) is 0 Å². The fourth-order valence-corrected chi connectivity index (χ4v) is 1.88. The zero-order valence-electron chi connectivity index (χ0n) is 10.2. The van der Waals surface area contributed by atoms with Crippen LogP contribution in [-0.4, -0.2) is 6.29 Å². The molecule has 16 heavy (non-hydrogen) atoms. The summed E-state index contributed by atoms with van der Waals surface area (Å²) in [7, 11) is 0. The molecule has 1 atom stereocenters. The molecule has 1 nitrogen and oxygen atoms in total. The largest absolute Gasteiger partial charge is 0.302 e. The number of allylic oxidation sites excluding steroid dienone is 1. The van der Waals surface area contributed by atoms with Crippen molar-refractivity contribution in [2.45, 2.75) is 39.0 Å². The maximum atomic E-state index is 11.2. The lowest BCUT2D eigenvalue weighted by Crippen LogP contribution is -2.05. The molecule has 0 amide bonds. The Bertz CT molecular complexity index is 365. The van der Waals surface area contributed by atoms with Crippen LogP contribution in [-0.2, 0) is 4.79 Å². The highest BCUT2D eigenvalue weighted by Crippen LogP contribution is 2.27. The zero-order valence-corrected chi connectivity index (χ0v) is 10.2. The smallest absolute Gasteiger partial charge is 0.131 e. The molecule has 0 aromatic heterocycles. The highest BCUT2D eigenvalue weighted by Gasteiger charge is 2.15. The van der Waals surface area contributed by atoms with E-state index >= 15 is 0 Å². The molecule has 0 N–H and O–H groups in total. The van der Waals surface area contributed by atoms with Crippen LogP contribution in [0, 0.1) is 6.92 Å². The van der Waals surface area contributed by atoms with E-state index in [9.17, 15) is 4.79 Å². The maximum absolute atomic E-state index is 11.2. The quantitative estimate of drug-likeness (QED) is 0.518. The van der Waals surface area contributed by atoms with Crippen LogP contribution in [0.3, 0.4) is 0 Å². The van der Waals surface area contributed by atoms with E-state index in [-0.39, 0.29) is 5.92 Å². The van der Waals surface area contributed by atoms with Gasteiger partial charge in [0.2, 0.25) is 0 Å². The Balaban J connectivity index is 2.86. The first-order chi connectivity index (χ1) is 7.70. The average Bonchev–Trinajstić information content (AvgIpc) is 2.30. The third kappa shape index (κ3) is 3.06. The summed E-state index contributed by atoms with van der Waals surface area (Å²) in [6.07, 6.45) is 4.20. The summed E-state index contributed by atoms with van der Waals surface area (Å²) < 4.78 is 0. The van der Waals surface area contributed by atoms with E-state index in [1.165, 1.54) is 0 Å². The Labute approximate surface area is 98.2 Å². The van der Waals surface area contributed by atoms with E-state index in [0.717, 1.165) is 42.2 Å². The summed E-state index contributed by atoms with van der Waals surface area (Å²) >= 11 is 0. The lowest BCUT2D eigenvalue weighted by Gasteiger charge is -2.16. The molecule has 1 unspecified atom stereocenters. The van der Waals surface area contributed by atoms with Crippen molar-refractivity contribution in [3.63, 3.8) is 0 Å². The average molecular weight is 216 g/mol. The zero-order chi connectivity index (χ0) is 12.0. The number of hydrogen-bond donors (Lipinski definition) is 0. The van der Waals surface area contributed by atoms with Crippen molar-refractivity contribution in [3.05, 3.63) is 47.5 Å². The topological polar surface area (TPSA) is 17.1 Å². The number of benzene rings is 1. The first-order valence-electron chi connectivity index (χ1n) is 5.89. The second-order valence-electron chi connectivity index (χ2n) is 4.23. The number of aldehydes is 1. The van der Waals surface area contributed by atoms with Gasteiger partial charge in [0.15, 0.2) is 0 Å². The molecule has 1 aromatic rings. The minimum Gasteiger partial charge on any atom is -0.302 e. The van der Waals surface area contributed by atoms with Crippen LogP contribution in [0.15, 0.2) is 36.4 Å². The number of carbonyl (C=O) groups excluding carboxylic acids is 1. The molecular formula is C15H20O. The van der Waals surface area contributed by atoms with Gasteiger partial charge in [-0.15, -0.1) is 0 Å². The van der Waals surface area contributed by atoms with Crippen LogP contribution in [0.1, 0.15) is 43.2 Å². The number of carbonyl (C=O) groups is 1. The number of rotatable bonds is 6. The van der Waals surface area contributed by atoms with Crippen molar-refractivity contribution in [2.75, 3.05) is 0 Å². The summed E-state index contributed by atoms with van der Waals surface area (Å²) in [5, 5.41) is 0. The molecule has 86 valence electrons. The summed E-state index contributed by atoms with van der Waals surface area (Å²) in [6, 6.07) is 8.03. The molecule has 0 heterocycles. The van der Waals surface area contributed by atoms with Crippen molar-refractivity contribution >= 4 is 6.29 Å². The van der Waals surface area contributed by atoms with E-state index < -0.39 is 0 Å². The van der Waals surface area contributed by atoms with Crippen LogP contribution in [0.2, 0.25) is 0 Å². The predicted octanol–water partition coefficient (Wildman–Crippen LogP) is 4.02. The van der Waals surface area contributed by atoms with Crippen molar-refractivity contribution in [1.29, 1.82) is 0 Å². The van der Waals surface area contributed by atoms with Gasteiger partial charge < -0.3 is 4.79 Å². The fourth-order valence-electron chi connectivity index (χ4n) is 1.88. The van der Waals surface area contributed by atoms with E-state index in [1.807, 2.05) is 31.2 Å². The lowest BCUT2D eigenvalue weighted by molar-refractivity contribution is -0.108. The first-order valence-corrected chi connectivity index (χ1v) is 5.89. The van der Waals surface area contributed by atoms with Crippen molar-refractivity contribution < 1.29 is 4.79 Å². The third-order valence-electron chi connectivity index (χ3n) is 2.95. The molecule has 0 radical (unpaired) electrons. The standard InChI is InChI=1S/C15H20O/c1-4-5-8-13(3)15(11-16)14-10-7-6-9-12(14)2/h6-7,9-11,15H,3-5,8H2,1-2H3. The van der Waals surface area contributed by atoms with E-state index in [2.05, 4.69) is 13.5 Å². The third-order valence-corrected chi connectivity index (χ3v) is 2.95. The van der Waals surface area contributed by atoms with Gasteiger partial charge in [0.25, 0.3) is 0 Å². The fraction of sp³-hybridized carbons (Fsp3) is 0.400. The number of aryl methyl sites for hydroxylation is 1. The molecule has 0 saturated carbocycles. The lowest BCUT2D eigenvalue weighted by atomic mass is 9.88. The van der Waals surface area contributed by atoms with Crippen LogP contribution in [0.4, 0.5) is 0 Å². The molecule has 1 aromatic carbocycles. The summed E-state index contributed by atoms with van der Waals surface area (Å²) in [5.41, 5.74) is 3.29. The molecular weight excluding hydrogens is 196 g/mol. The summed E-state index contributed by atoms with van der Waals surface area (Å²) in [4.78, 5) is 11.2. The van der Waals surface area contributed by atoms with Crippen molar-refractivity contribution in [1.82, 2.24) is 0 Å². The minimum absolute atomic E-state index is 0.132.